The monoisotopic (exact) mass is 489 g/mol. The molecular weight excluding hydrogens is 459 g/mol. The number of hydrogen-bond donors (Lipinski definition) is 1. The van der Waals surface area contributed by atoms with Crippen molar-refractivity contribution in [2.75, 3.05) is 0 Å². The molecule has 0 saturated carbocycles. The lowest BCUT2D eigenvalue weighted by Gasteiger charge is -2.20. The quantitative estimate of drug-likeness (QED) is 0.429. The van der Waals surface area contributed by atoms with Crippen molar-refractivity contribution in [3.05, 3.63) is 59.3 Å². The number of alkyl halides is 3. The van der Waals surface area contributed by atoms with E-state index in [0.29, 0.717) is 18.7 Å². The van der Waals surface area contributed by atoms with Gasteiger partial charge in [0, 0.05) is 35.8 Å². The second-order valence-corrected chi connectivity index (χ2v) is 12.7. The van der Waals surface area contributed by atoms with Crippen LogP contribution in [0, 0.1) is 16.7 Å². The Morgan fingerprint density at radius 3 is 2.29 bits per heavy atom. The topological polar surface area (TPSA) is 57.8 Å². The first-order valence-electron chi connectivity index (χ1n) is 11.0. The predicted octanol–water partition coefficient (Wildman–Crippen LogP) is 6.80. The van der Waals surface area contributed by atoms with Crippen molar-refractivity contribution in [3.63, 3.8) is 0 Å². The van der Waals surface area contributed by atoms with Gasteiger partial charge in [-0.2, -0.15) is 18.4 Å². The lowest BCUT2D eigenvalue weighted by Crippen LogP contribution is -2.32. The molecule has 0 spiro atoms. The van der Waals surface area contributed by atoms with E-state index in [1.807, 2.05) is 37.6 Å². The molecule has 182 valence electrons. The van der Waals surface area contributed by atoms with Crippen molar-refractivity contribution < 1.29 is 17.4 Å². The summed E-state index contributed by atoms with van der Waals surface area (Å²) in [4.78, 5) is 0. The maximum atomic E-state index is 13.8. The van der Waals surface area contributed by atoms with Crippen LogP contribution in [-0.2, 0) is 30.3 Å². The summed E-state index contributed by atoms with van der Waals surface area (Å²) >= 11 is 0. The molecule has 0 saturated heterocycles. The van der Waals surface area contributed by atoms with Gasteiger partial charge in [-0.15, -0.1) is 0 Å². The van der Waals surface area contributed by atoms with Gasteiger partial charge in [-0.05, 0) is 55.5 Å². The van der Waals surface area contributed by atoms with Gasteiger partial charge in [0.05, 0.1) is 32.9 Å². The number of aromatic nitrogens is 1. The lowest BCUT2D eigenvalue weighted by molar-refractivity contribution is -0.137. The fourth-order valence-corrected chi connectivity index (χ4v) is 4.58. The molecule has 0 radical (unpaired) electrons. The number of fused-ring (bicyclic) bond motifs is 1. The highest BCUT2D eigenvalue weighted by Gasteiger charge is 2.35. The summed E-state index contributed by atoms with van der Waals surface area (Å²) in [5.41, 5.74) is 0.967. The molecule has 0 aliphatic heterocycles. The third kappa shape index (κ3) is 5.70. The first-order chi connectivity index (χ1) is 15.6. The Morgan fingerprint density at radius 2 is 1.74 bits per heavy atom. The molecule has 1 unspecified atom stereocenters. The molecule has 0 aliphatic rings. The van der Waals surface area contributed by atoms with E-state index in [9.17, 15) is 22.6 Å². The predicted molar refractivity (Wildman–Crippen MR) is 131 cm³/mol. The number of hydrogen-bond acceptors (Lipinski definition) is 2. The van der Waals surface area contributed by atoms with E-state index in [4.69, 9.17) is 0 Å². The zero-order chi connectivity index (χ0) is 25.5. The summed E-state index contributed by atoms with van der Waals surface area (Å²) in [5, 5.41) is 10.4. The van der Waals surface area contributed by atoms with Crippen LogP contribution in [0.4, 0.5) is 13.2 Å². The minimum Gasteiger partial charge on any atom is -0.347 e. The van der Waals surface area contributed by atoms with Crippen LogP contribution >= 0.6 is 0 Å². The van der Waals surface area contributed by atoms with Crippen LogP contribution in [0.2, 0.25) is 0 Å². The van der Waals surface area contributed by atoms with Crippen molar-refractivity contribution in [1.82, 2.24) is 9.29 Å². The van der Waals surface area contributed by atoms with Gasteiger partial charge in [0.1, 0.15) is 0 Å². The smallest absolute Gasteiger partial charge is 0.347 e. The van der Waals surface area contributed by atoms with Crippen LogP contribution in [0.25, 0.3) is 22.0 Å². The summed E-state index contributed by atoms with van der Waals surface area (Å²) in [5.74, 6) is 0. The normalized spacial score (nSPS) is 13.8. The summed E-state index contributed by atoms with van der Waals surface area (Å²) in [6.45, 7) is 12.9. The highest BCUT2D eigenvalue weighted by molar-refractivity contribution is 7.84. The van der Waals surface area contributed by atoms with Crippen LogP contribution in [0.3, 0.4) is 0 Å². The lowest BCUT2D eigenvalue weighted by atomic mass is 9.93. The van der Waals surface area contributed by atoms with Gasteiger partial charge in [0.25, 0.3) is 0 Å². The summed E-state index contributed by atoms with van der Waals surface area (Å²) in [6, 6.07) is 10.7. The van der Waals surface area contributed by atoms with Crippen LogP contribution in [-0.4, -0.2) is 13.5 Å². The zero-order valence-electron chi connectivity index (χ0n) is 20.3. The molecule has 1 heterocycles. The Balaban J connectivity index is 2.18. The minimum absolute atomic E-state index is 0.0226. The maximum absolute atomic E-state index is 13.8. The van der Waals surface area contributed by atoms with Crippen LogP contribution in [0.5, 0.6) is 0 Å². The van der Waals surface area contributed by atoms with Crippen LogP contribution < -0.4 is 4.72 Å². The molecule has 2 aromatic carbocycles. The molecule has 34 heavy (non-hydrogen) atoms. The van der Waals surface area contributed by atoms with Crippen molar-refractivity contribution in [1.29, 1.82) is 5.26 Å². The number of halogens is 3. The Bertz CT molecular complexity index is 1270. The molecular formula is C26H30F3N3OS. The van der Waals surface area contributed by atoms with Crippen LogP contribution in [0.1, 0.15) is 58.2 Å². The average molecular weight is 490 g/mol. The van der Waals surface area contributed by atoms with E-state index in [1.165, 1.54) is 12.1 Å². The Labute approximate surface area is 201 Å². The van der Waals surface area contributed by atoms with E-state index in [1.54, 1.807) is 18.2 Å². The molecule has 1 atom stereocenters. The highest BCUT2D eigenvalue weighted by atomic mass is 32.2. The van der Waals surface area contributed by atoms with Crippen LogP contribution in [0.15, 0.2) is 42.6 Å². The molecule has 8 heteroatoms. The molecule has 3 rings (SSSR count). The summed E-state index contributed by atoms with van der Waals surface area (Å²) < 4.78 is 58.5. The zero-order valence-corrected chi connectivity index (χ0v) is 21.1. The van der Waals surface area contributed by atoms with E-state index in [2.05, 4.69) is 25.5 Å². The second-order valence-electron chi connectivity index (χ2n) is 10.6. The number of nitrogens with zero attached hydrogens (tertiary/aromatic N) is 2. The van der Waals surface area contributed by atoms with Gasteiger partial charge < -0.3 is 4.57 Å². The first kappa shape index (κ1) is 26.0. The molecule has 4 nitrogen and oxygen atoms in total. The standard InChI is InChI=1S/C26H30F3N3OS/c1-24(2,3)16-32-15-19(14-31-34(33)25(4,5)6)20-11-10-17(12-22(20)32)23-18(13-30)8-7-9-21(23)26(27,28)29/h7-12,15,31H,14,16H2,1-6H3. The van der Waals surface area contributed by atoms with Gasteiger partial charge >= 0.3 is 6.18 Å². The van der Waals surface area contributed by atoms with Gasteiger partial charge in [0.2, 0.25) is 0 Å². The molecule has 1 N–H and O–H groups in total. The summed E-state index contributed by atoms with van der Waals surface area (Å²) in [7, 11) is -1.26. The molecule has 0 bridgehead atoms. The van der Waals surface area contributed by atoms with Crippen molar-refractivity contribution in [3.8, 4) is 17.2 Å². The fourth-order valence-electron chi connectivity index (χ4n) is 3.86. The van der Waals surface area contributed by atoms with Gasteiger partial charge in [-0.1, -0.05) is 39.0 Å². The largest absolute Gasteiger partial charge is 0.417 e. The highest BCUT2D eigenvalue weighted by Crippen LogP contribution is 2.40. The second kappa shape index (κ2) is 9.20. The first-order valence-corrected chi connectivity index (χ1v) is 12.1. The number of nitriles is 1. The fraction of sp³-hybridized carbons (Fsp3) is 0.423. The van der Waals surface area contributed by atoms with Gasteiger partial charge in [0.15, 0.2) is 0 Å². The SMILES string of the molecule is CC(C)(C)Cn1cc(CNS(=O)C(C)(C)C)c2ccc(-c3c(C#N)cccc3C(F)(F)F)cc21. The Morgan fingerprint density at radius 1 is 1.06 bits per heavy atom. The van der Waals surface area contributed by atoms with E-state index < -0.39 is 27.5 Å². The number of rotatable bonds is 5. The molecule has 0 amide bonds. The maximum Gasteiger partial charge on any atom is 0.417 e. The van der Waals surface area contributed by atoms with Crippen molar-refractivity contribution in [2.24, 2.45) is 5.41 Å². The Kier molecular flexibility index (Phi) is 7.03. The molecule has 3 aromatic rings. The van der Waals surface area contributed by atoms with E-state index in [0.717, 1.165) is 22.5 Å². The molecule has 0 fully saturated rings. The number of nitrogens with one attached hydrogen (secondary N) is 1. The minimum atomic E-state index is -4.59. The Hall–Kier alpha value is -2.63. The van der Waals surface area contributed by atoms with Gasteiger partial charge in [-0.3, -0.25) is 0 Å². The molecule has 0 aliphatic carbocycles. The average Bonchev–Trinajstić information content (AvgIpc) is 3.05. The molecule has 1 aromatic heterocycles. The van der Waals surface area contributed by atoms with Crippen molar-refractivity contribution in [2.45, 2.75) is 65.6 Å². The number of benzene rings is 2. The third-order valence-corrected chi connectivity index (χ3v) is 6.86. The summed E-state index contributed by atoms with van der Waals surface area (Å²) in [6.07, 6.45) is -2.62. The van der Waals surface area contributed by atoms with E-state index >= 15 is 0 Å². The third-order valence-electron chi connectivity index (χ3n) is 5.34. The van der Waals surface area contributed by atoms with E-state index in [-0.39, 0.29) is 16.5 Å². The van der Waals surface area contributed by atoms with Gasteiger partial charge in [-0.25, -0.2) is 8.93 Å². The van der Waals surface area contributed by atoms with Crippen molar-refractivity contribution >= 4 is 21.9 Å².